The Labute approximate surface area is 98.1 Å². The van der Waals surface area contributed by atoms with Gasteiger partial charge in [0.25, 0.3) is 0 Å². The predicted molar refractivity (Wildman–Crippen MR) is 63.0 cm³/mol. The van der Waals surface area contributed by atoms with E-state index in [4.69, 9.17) is 4.74 Å². The average Bonchev–Trinajstić information content (AvgIpc) is 2.58. The van der Waals surface area contributed by atoms with Gasteiger partial charge in [0, 0.05) is 17.6 Å². The van der Waals surface area contributed by atoms with Crippen molar-refractivity contribution in [3.05, 3.63) is 33.8 Å². The molecule has 1 atom stereocenters. The van der Waals surface area contributed by atoms with Gasteiger partial charge in [-0.1, -0.05) is 22.0 Å². The summed E-state index contributed by atoms with van der Waals surface area (Å²) in [5.41, 5.74) is 2.79. The van der Waals surface area contributed by atoms with Gasteiger partial charge in [-0.3, -0.25) is 0 Å². The maximum absolute atomic E-state index is 6.01. The van der Waals surface area contributed by atoms with E-state index < -0.39 is 0 Å². The second kappa shape index (κ2) is 3.58. The first kappa shape index (κ1) is 9.82. The molecule has 0 amide bonds. The van der Waals surface area contributed by atoms with Gasteiger partial charge in [-0.15, -0.1) is 0 Å². The Bertz CT molecular complexity index is 385. The largest absolute Gasteiger partial charge is 0.368 e. The van der Waals surface area contributed by atoms with Crippen LogP contribution in [0.25, 0.3) is 0 Å². The second-order valence-corrected chi connectivity index (χ2v) is 5.24. The van der Waals surface area contributed by atoms with Crippen LogP contribution in [0.4, 0.5) is 0 Å². The Hall–Kier alpha value is -0.380. The van der Waals surface area contributed by atoms with Crippen molar-refractivity contribution in [1.29, 1.82) is 0 Å². The Morgan fingerprint density at radius 1 is 1.40 bits per heavy atom. The minimum absolute atomic E-state index is 0.0334. The molecule has 1 aliphatic heterocycles. The number of aryl methyl sites for hydroxylation is 1. The Balaban J connectivity index is 2.03. The zero-order chi connectivity index (χ0) is 10.3. The molecule has 0 unspecified atom stereocenters. The third kappa shape index (κ3) is 1.53. The molecule has 1 fully saturated rings. The van der Waals surface area contributed by atoms with Crippen molar-refractivity contribution in [2.75, 3.05) is 19.7 Å². The molecule has 80 valence electrons. The summed E-state index contributed by atoms with van der Waals surface area (Å²) in [4.78, 5) is 0. The van der Waals surface area contributed by atoms with E-state index in [2.05, 4.69) is 39.4 Å². The molecule has 2 nitrogen and oxygen atoms in total. The summed E-state index contributed by atoms with van der Waals surface area (Å²) in [5, 5.41) is 3.44. The Morgan fingerprint density at radius 3 is 3.13 bits per heavy atom. The zero-order valence-corrected chi connectivity index (χ0v) is 10.1. The number of nitrogens with one attached hydrogen (secondary N) is 1. The third-order valence-electron chi connectivity index (χ3n) is 3.42. The maximum Gasteiger partial charge on any atom is 0.106 e. The van der Waals surface area contributed by atoms with Crippen LogP contribution in [0.15, 0.2) is 22.7 Å². The minimum atomic E-state index is -0.0334. The van der Waals surface area contributed by atoms with Gasteiger partial charge in [0.05, 0.1) is 6.61 Å². The summed E-state index contributed by atoms with van der Waals surface area (Å²) in [6, 6.07) is 6.55. The SMILES string of the molecule is Brc1ccc2c(c1)CC[C@]21CNCCO1. The van der Waals surface area contributed by atoms with E-state index in [1.165, 1.54) is 15.6 Å². The van der Waals surface area contributed by atoms with Crippen molar-refractivity contribution in [3.8, 4) is 0 Å². The Morgan fingerprint density at radius 2 is 2.33 bits per heavy atom. The second-order valence-electron chi connectivity index (χ2n) is 4.32. The molecule has 1 spiro atoms. The van der Waals surface area contributed by atoms with Gasteiger partial charge in [0.2, 0.25) is 0 Å². The lowest BCUT2D eigenvalue weighted by molar-refractivity contribution is -0.0695. The molecule has 0 saturated carbocycles. The molecule has 3 rings (SSSR count). The number of morpholine rings is 1. The van der Waals surface area contributed by atoms with E-state index in [1.54, 1.807) is 0 Å². The van der Waals surface area contributed by atoms with Crippen molar-refractivity contribution in [3.63, 3.8) is 0 Å². The van der Waals surface area contributed by atoms with E-state index in [0.29, 0.717) is 0 Å². The lowest BCUT2D eigenvalue weighted by Gasteiger charge is -2.35. The van der Waals surface area contributed by atoms with Crippen molar-refractivity contribution >= 4 is 15.9 Å². The average molecular weight is 268 g/mol. The lowest BCUT2D eigenvalue weighted by atomic mass is 9.94. The topological polar surface area (TPSA) is 21.3 Å². The summed E-state index contributed by atoms with van der Waals surface area (Å²) in [5.74, 6) is 0. The highest BCUT2D eigenvalue weighted by molar-refractivity contribution is 9.10. The van der Waals surface area contributed by atoms with Gasteiger partial charge in [0.15, 0.2) is 0 Å². The molecule has 15 heavy (non-hydrogen) atoms. The molecule has 1 aromatic rings. The van der Waals surface area contributed by atoms with Crippen LogP contribution in [0.3, 0.4) is 0 Å². The molecule has 0 aromatic heterocycles. The normalized spacial score (nSPS) is 29.4. The fourth-order valence-corrected chi connectivity index (χ4v) is 3.09. The molecule has 0 radical (unpaired) electrons. The zero-order valence-electron chi connectivity index (χ0n) is 8.55. The minimum Gasteiger partial charge on any atom is -0.368 e. The highest BCUT2D eigenvalue weighted by Crippen LogP contribution is 2.41. The van der Waals surface area contributed by atoms with Gasteiger partial charge in [-0.05, 0) is 36.1 Å². The van der Waals surface area contributed by atoms with Crippen LogP contribution in [0.5, 0.6) is 0 Å². The first-order chi connectivity index (χ1) is 7.30. The molecular weight excluding hydrogens is 254 g/mol. The number of hydrogen-bond acceptors (Lipinski definition) is 2. The van der Waals surface area contributed by atoms with Crippen LogP contribution >= 0.6 is 15.9 Å². The molecular formula is C12H14BrNO. The van der Waals surface area contributed by atoms with E-state index in [9.17, 15) is 0 Å². The van der Waals surface area contributed by atoms with Crippen LogP contribution in [0.1, 0.15) is 17.5 Å². The molecule has 2 aliphatic rings. The smallest absolute Gasteiger partial charge is 0.106 e. The molecule has 1 saturated heterocycles. The van der Waals surface area contributed by atoms with Gasteiger partial charge < -0.3 is 10.1 Å². The van der Waals surface area contributed by atoms with Gasteiger partial charge >= 0.3 is 0 Å². The fourth-order valence-electron chi connectivity index (χ4n) is 2.68. The number of halogens is 1. The summed E-state index contributed by atoms with van der Waals surface area (Å²) in [7, 11) is 0. The third-order valence-corrected chi connectivity index (χ3v) is 3.92. The lowest BCUT2D eigenvalue weighted by Crippen LogP contribution is -2.46. The van der Waals surface area contributed by atoms with Gasteiger partial charge in [-0.2, -0.15) is 0 Å². The molecule has 1 N–H and O–H groups in total. The van der Waals surface area contributed by atoms with Crippen LogP contribution in [0, 0.1) is 0 Å². The van der Waals surface area contributed by atoms with Crippen molar-refractivity contribution in [1.82, 2.24) is 5.32 Å². The summed E-state index contributed by atoms with van der Waals surface area (Å²) in [6.45, 7) is 2.77. The van der Waals surface area contributed by atoms with Gasteiger partial charge in [0.1, 0.15) is 5.60 Å². The predicted octanol–water partition coefficient (Wildman–Crippen LogP) is 2.21. The maximum atomic E-state index is 6.01. The summed E-state index contributed by atoms with van der Waals surface area (Å²) in [6.07, 6.45) is 2.25. The fraction of sp³-hybridized carbons (Fsp3) is 0.500. The highest BCUT2D eigenvalue weighted by Gasteiger charge is 2.40. The molecule has 3 heteroatoms. The standard InChI is InChI=1S/C12H14BrNO/c13-10-1-2-11-9(7-10)3-4-12(11)8-14-5-6-15-12/h1-2,7,14H,3-6,8H2/t12-/m0/s1. The number of benzene rings is 1. The van der Waals surface area contributed by atoms with Gasteiger partial charge in [-0.25, -0.2) is 0 Å². The molecule has 0 bridgehead atoms. The monoisotopic (exact) mass is 267 g/mol. The number of rotatable bonds is 0. The van der Waals surface area contributed by atoms with Crippen LogP contribution in [-0.2, 0) is 16.8 Å². The first-order valence-electron chi connectivity index (χ1n) is 5.44. The van der Waals surface area contributed by atoms with E-state index in [1.807, 2.05) is 0 Å². The van der Waals surface area contributed by atoms with Crippen LogP contribution in [0.2, 0.25) is 0 Å². The first-order valence-corrected chi connectivity index (χ1v) is 6.23. The van der Waals surface area contributed by atoms with Crippen molar-refractivity contribution < 1.29 is 4.74 Å². The molecule has 1 aromatic carbocycles. The van der Waals surface area contributed by atoms with Crippen molar-refractivity contribution in [2.45, 2.75) is 18.4 Å². The Kier molecular flexibility index (Phi) is 2.34. The number of fused-ring (bicyclic) bond motifs is 2. The van der Waals surface area contributed by atoms with Crippen LogP contribution in [-0.4, -0.2) is 19.7 Å². The molecule has 1 heterocycles. The molecule has 1 aliphatic carbocycles. The summed E-state index contributed by atoms with van der Waals surface area (Å²) < 4.78 is 7.18. The number of ether oxygens (including phenoxy) is 1. The van der Waals surface area contributed by atoms with Crippen molar-refractivity contribution in [2.24, 2.45) is 0 Å². The highest BCUT2D eigenvalue weighted by atomic mass is 79.9. The quantitative estimate of drug-likeness (QED) is 0.779. The van der Waals surface area contributed by atoms with E-state index >= 15 is 0 Å². The van der Waals surface area contributed by atoms with Crippen LogP contribution < -0.4 is 5.32 Å². The van der Waals surface area contributed by atoms with E-state index in [0.717, 1.165) is 32.5 Å². The number of hydrogen-bond donors (Lipinski definition) is 1. The van der Waals surface area contributed by atoms with E-state index in [-0.39, 0.29) is 5.60 Å². The summed E-state index contributed by atoms with van der Waals surface area (Å²) >= 11 is 3.52.